The molecule has 9 nitrogen and oxygen atoms in total. The summed E-state index contributed by atoms with van der Waals surface area (Å²) >= 11 is 0. The van der Waals surface area contributed by atoms with Crippen LogP contribution in [0.4, 0.5) is 10.5 Å². The van der Waals surface area contributed by atoms with Gasteiger partial charge in [0.25, 0.3) is 0 Å². The number of rotatable bonds is 8. The first-order valence-electron chi connectivity index (χ1n) is 15.0. The Kier molecular flexibility index (Phi) is 9.04. The molecule has 2 atom stereocenters. The van der Waals surface area contributed by atoms with Gasteiger partial charge in [0.05, 0.1) is 18.7 Å². The number of carbonyl (C=O) groups excluding carboxylic acids is 3. The normalized spacial score (nSPS) is 17.4. The van der Waals surface area contributed by atoms with Crippen molar-refractivity contribution in [2.75, 3.05) is 18.0 Å². The van der Waals surface area contributed by atoms with Crippen LogP contribution in [0.1, 0.15) is 49.4 Å². The standard InChI is InChI=1S/C35H39N3O6/c1-35(2,3)44-34(43)38-29-16-10-9-14-26(29)20-30(38)33(42)36(18-17-24-11-5-4-6-12-24)23-31(39)37-22-27-15-8-7-13-25(27)19-28(37)21-32(40)41/h4-16,28,30H,17-23H2,1-3H3,(H,40,41)/t28-,30-/m1/s1. The molecular weight excluding hydrogens is 558 g/mol. The average molecular weight is 598 g/mol. The van der Waals surface area contributed by atoms with Gasteiger partial charge in [-0.05, 0) is 61.9 Å². The number of hydrogen-bond donors (Lipinski definition) is 1. The molecule has 9 heteroatoms. The number of ether oxygens (including phenoxy) is 1. The van der Waals surface area contributed by atoms with Gasteiger partial charge in [-0.3, -0.25) is 19.3 Å². The highest BCUT2D eigenvalue weighted by atomic mass is 16.6. The smallest absolute Gasteiger partial charge is 0.415 e. The summed E-state index contributed by atoms with van der Waals surface area (Å²) in [6.07, 6.45) is 0.416. The molecule has 230 valence electrons. The SMILES string of the molecule is CC(C)(C)OC(=O)N1c2ccccc2C[C@@H]1C(=O)N(CCc1ccccc1)CC(=O)N1Cc2ccccc2C[C@@H]1CC(=O)O. The van der Waals surface area contributed by atoms with Crippen molar-refractivity contribution in [3.8, 4) is 0 Å². The largest absolute Gasteiger partial charge is 0.481 e. The van der Waals surface area contributed by atoms with E-state index >= 15 is 0 Å². The van der Waals surface area contributed by atoms with Crippen LogP contribution >= 0.6 is 0 Å². The molecule has 3 amide bonds. The van der Waals surface area contributed by atoms with Gasteiger partial charge < -0.3 is 19.6 Å². The molecule has 0 saturated carbocycles. The molecule has 0 aromatic heterocycles. The topological polar surface area (TPSA) is 107 Å². The van der Waals surface area contributed by atoms with E-state index in [1.807, 2.05) is 72.8 Å². The van der Waals surface area contributed by atoms with E-state index in [1.165, 1.54) is 9.80 Å². The molecule has 0 radical (unpaired) electrons. The van der Waals surface area contributed by atoms with Crippen LogP contribution in [-0.2, 0) is 44.9 Å². The van der Waals surface area contributed by atoms with Crippen molar-refractivity contribution >= 4 is 29.6 Å². The Hall–Kier alpha value is -4.66. The zero-order chi connectivity index (χ0) is 31.4. The molecule has 2 heterocycles. The summed E-state index contributed by atoms with van der Waals surface area (Å²) < 4.78 is 5.71. The van der Waals surface area contributed by atoms with Gasteiger partial charge in [0.15, 0.2) is 0 Å². The molecular formula is C35H39N3O6. The number of nitrogens with zero attached hydrogens (tertiary/aromatic N) is 3. The highest BCUT2D eigenvalue weighted by Gasteiger charge is 2.43. The molecule has 2 aliphatic heterocycles. The molecule has 0 spiro atoms. The average Bonchev–Trinajstić information content (AvgIpc) is 3.38. The first kappa shape index (κ1) is 30.8. The minimum absolute atomic E-state index is 0.192. The van der Waals surface area contributed by atoms with E-state index in [0.29, 0.717) is 24.9 Å². The number of amides is 3. The Morgan fingerprint density at radius 3 is 2.18 bits per heavy atom. The third-order valence-electron chi connectivity index (χ3n) is 8.09. The number of carboxylic acid groups (broad SMARTS) is 1. The molecule has 1 N–H and O–H groups in total. The molecule has 0 unspecified atom stereocenters. The number of para-hydroxylation sites is 1. The van der Waals surface area contributed by atoms with Gasteiger partial charge in [-0.1, -0.05) is 72.8 Å². The van der Waals surface area contributed by atoms with Crippen LogP contribution in [0.5, 0.6) is 0 Å². The number of carboxylic acids is 1. The maximum Gasteiger partial charge on any atom is 0.415 e. The number of carbonyl (C=O) groups is 4. The quantitative estimate of drug-likeness (QED) is 0.398. The molecule has 3 aromatic carbocycles. The fourth-order valence-corrected chi connectivity index (χ4v) is 6.02. The fourth-order valence-electron chi connectivity index (χ4n) is 6.02. The van der Waals surface area contributed by atoms with Crippen LogP contribution < -0.4 is 4.90 Å². The monoisotopic (exact) mass is 597 g/mol. The van der Waals surface area contributed by atoms with Gasteiger partial charge in [-0.25, -0.2) is 4.79 Å². The zero-order valence-corrected chi connectivity index (χ0v) is 25.4. The Morgan fingerprint density at radius 1 is 0.864 bits per heavy atom. The van der Waals surface area contributed by atoms with Crippen LogP contribution in [-0.4, -0.2) is 69.6 Å². The summed E-state index contributed by atoms with van der Waals surface area (Å²) in [4.78, 5) is 58.2. The van der Waals surface area contributed by atoms with Gasteiger partial charge in [0.1, 0.15) is 11.6 Å². The van der Waals surface area contributed by atoms with Gasteiger partial charge in [0.2, 0.25) is 11.8 Å². The first-order chi connectivity index (χ1) is 21.0. The van der Waals surface area contributed by atoms with Crippen molar-refractivity contribution in [3.05, 3.63) is 101 Å². The molecule has 44 heavy (non-hydrogen) atoms. The summed E-state index contributed by atoms with van der Waals surface area (Å²) in [6.45, 7) is 5.61. The molecule has 0 aliphatic carbocycles. The number of benzene rings is 3. The Morgan fingerprint density at radius 2 is 1.50 bits per heavy atom. The summed E-state index contributed by atoms with van der Waals surface area (Å²) in [5.41, 5.74) is 3.69. The van der Waals surface area contributed by atoms with Crippen molar-refractivity contribution in [2.45, 2.75) is 70.7 Å². The molecule has 0 fully saturated rings. The van der Waals surface area contributed by atoms with Gasteiger partial charge in [0, 0.05) is 25.6 Å². The number of anilines is 1. The minimum atomic E-state index is -0.985. The second kappa shape index (κ2) is 12.9. The van der Waals surface area contributed by atoms with E-state index in [1.54, 1.807) is 31.7 Å². The Labute approximate surface area is 258 Å². The van der Waals surface area contributed by atoms with Crippen LogP contribution in [0.2, 0.25) is 0 Å². The summed E-state index contributed by atoms with van der Waals surface area (Å²) in [7, 11) is 0. The van der Waals surface area contributed by atoms with E-state index < -0.39 is 29.7 Å². The third kappa shape index (κ3) is 7.10. The highest BCUT2D eigenvalue weighted by Crippen LogP contribution is 2.34. The molecule has 2 aliphatic rings. The van der Waals surface area contributed by atoms with Crippen LogP contribution in [0.3, 0.4) is 0 Å². The van der Waals surface area contributed by atoms with Gasteiger partial charge in [-0.15, -0.1) is 0 Å². The van der Waals surface area contributed by atoms with Crippen molar-refractivity contribution in [3.63, 3.8) is 0 Å². The number of aliphatic carboxylic acids is 1. The third-order valence-corrected chi connectivity index (χ3v) is 8.09. The zero-order valence-electron chi connectivity index (χ0n) is 25.4. The van der Waals surface area contributed by atoms with Gasteiger partial charge >= 0.3 is 12.1 Å². The van der Waals surface area contributed by atoms with E-state index in [2.05, 4.69) is 0 Å². The van der Waals surface area contributed by atoms with E-state index in [9.17, 15) is 24.3 Å². The predicted molar refractivity (Wildman–Crippen MR) is 166 cm³/mol. The highest BCUT2D eigenvalue weighted by molar-refractivity contribution is 6.01. The van der Waals surface area contributed by atoms with Gasteiger partial charge in [-0.2, -0.15) is 0 Å². The maximum absolute atomic E-state index is 14.4. The van der Waals surface area contributed by atoms with Crippen molar-refractivity contribution < 1.29 is 29.0 Å². The predicted octanol–water partition coefficient (Wildman–Crippen LogP) is 4.85. The van der Waals surface area contributed by atoms with Crippen molar-refractivity contribution in [1.82, 2.24) is 9.80 Å². The fraction of sp³-hybridized carbons (Fsp3) is 0.371. The lowest BCUT2D eigenvalue weighted by molar-refractivity contribution is -0.145. The van der Waals surface area contributed by atoms with Crippen molar-refractivity contribution in [1.29, 1.82) is 0 Å². The summed E-state index contributed by atoms with van der Waals surface area (Å²) in [5.74, 6) is -1.67. The van der Waals surface area contributed by atoms with E-state index in [-0.39, 0.29) is 37.9 Å². The van der Waals surface area contributed by atoms with E-state index in [4.69, 9.17) is 4.74 Å². The second-order valence-corrected chi connectivity index (χ2v) is 12.4. The van der Waals surface area contributed by atoms with E-state index in [0.717, 1.165) is 22.3 Å². The first-order valence-corrected chi connectivity index (χ1v) is 15.0. The minimum Gasteiger partial charge on any atom is -0.481 e. The van der Waals surface area contributed by atoms with Crippen LogP contribution in [0.15, 0.2) is 78.9 Å². The van der Waals surface area contributed by atoms with Crippen LogP contribution in [0.25, 0.3) is 0 Å². The summed E-state index contributed by atoms with van der Waals surface area (Å²) in [6, 6.07) is 23.4. The summed E-state index contributed by atoms with van der Waals surface area (Å²) in [5, 5.41) is 9.63. The van der Waals surface area contributed by atoms with Crippen LogP contribution in [0, 0.1) is 0 Å². The molecule has 0 saturated heterocycles. The van der Waals surface area contributed by atoms with Crippen molar-refractivity contribution in [2.24, 2.45) is 0 Å². The molecule has 0 bridgehead atoms. The lowest BCUT2D eigenvalue weighted by atomic mass is 9.92. The maximum atomic E-state index is 14.4. The Balaban J connectivity index is 1.44. The lowest BCUT2D eigenvalue weighted by Crippen LogP contribution is -2.55. The molecule has 5 rings (SSSR count). The number of fused-ring (bicyclic) bond motifs is 2. The molecule has 3 aromatic rings. The number of hydrogen-bond acceptors (Lipinski definition) is 5. The second-order valence-electron chi connectivity index (χ2n) is 12.4. The lowest BCUT2D eigenvalue weighted by Gasteiger charge is -2.38. The Bertz CT molecular complexity index is 1530.